The fourth-order valence-electron chi connectivity index (χ4n) is 4.45. The van der Waals surface area contributed by atoms with E-state index in [-0.39, 0.29) is 5.44 Å². The number of carbonyl (C=O) groups excluding carboxylic acids is 1. The van der Waals surface area contributed by atoms with Gasteiger partial charge in [0, 0.05) is 20.4 Å². The van der Waals surface area contributed by atoms with Gasteiger partial charge < -0.3 is 24.6 Å². The van der Waals surface area contributed by atoms with Gasteiger partial charge in [0.2, 0.25) is 6.41 Å². The molecule has 35 heavy (non-hydrogen) atoms. The van der Waals surface area contributed by atoms with Gasteiger partial charge in [0.1, 0.15) is 11.0 Å². The van der Waals surface area contributed by atoms with Gasteiger partial charge in [0.05, 0.1) is 12.4 Å². The summed E-state index contributed by atoms with van der Waals surface area (Å²) in [5.41, 5.74) is 3.31. The molecule has 0 radical (unpaired) electrons. The van der Waals surface area contributed by atoms with E-state index in [1.54, 1.807) is 6.08 Å². The number of allylic oxidation sites excluding steroid dienone is 1. The normalized spacial score (nSPS) is 14.3. The molecule has 0 aliphatic carbocycles. The van der Waals surface area contributed by atoms with Crippen LogP contribution in [0.5, 0.6) is 0 Å². The van der Waals surface area contributed by atoms with Gasteiger partial charge in [0.25, 0.3) is 0 Å². The summed E-state index contributed by atoms with van der Waals surface area (Å²) >= 11 is 0. The van der Waals surface area contributed by atoms with E-state index in [2.05, 4.69) is 51.9 Å². The minimum absolute atomic E-state index is 0.0443. The Morgan fingerprint density at radius 2 is 1.34 bits per heavy atom. The topological polar surface area (TPSA) is 79.9 Å². The van der Waals surface area contributed by atoms with E-state index in [1.165, 1.54) is 14.2 Å². The van der Waals surface area contributed by atoms with Crippen molar-refractivity contribution < 1.29 is 18.4 Å². The second-order valence-corrected chi connectivity index (χ2v) is 10.1. The molecule has 0 saturated carbocycles. The first kappa shape index (κ1) is 24.5. The van der Waals surface area contributed by atoms with E-state index in [4.69, 9.17) is 9.05 Å². The van der Waals surface area contributed by atoms with Crippen LogP contribution in [-0.4, -0.2) is 32.2 Å². The lowest BCUT2D eigenvalue weighted by Gasteiger charge is -2.43. The zero-order valence-corrected chi connectivity index (χ0v) is 20.5. The number of rotatable bonds is 10. The summed E-state index contributed by atoms with van der Waals surface area (Å²) in [4.78, 5) is 13.4. The molecule has 0 bridgehead atoms. The predicted molar refractivity (Wildman–Crippen MR) is 136 cm³/mol. The van der Waals surface area contributed by atoms with E-state index in [9.17, 15) is 9.36 Å². The number of carbonyl (C=O) groups is 1. The Labute approximate surface area is 205 Å². The van der Waals surface area contributed by atoms with Gasteiger partial charge in [-0.3, -0.25) is 9.36 Å². The van der Waals surface area contributed by atoms with Crippen molar-refractivity contribution in [1.29, 1.82) is 0 Å². The number of nitrogens with zero attached hydrogens (tertiary/aromatic N) is 1. The number of nitrogens with one attached hydrogen (secondary N) is 2. The summed E-state index contributed by atoms with van der Waals surface area (Å²) in [5.74, 6) is 0. The molecular formula is C27H28N3O4P. The Bertz CT molecular complexity index is 1140. The van der Waals surface area contributed by atoms with Crippen molar-refractivity contribution in [3.8, 4) is 0 Å². The molecule has 1 amide bonds. The monoisotopic (exact) mass is 489 g/mol. The highest BCUT2D eigenvalue weighted by Gasteiger charge is 2.42. The molecule has 0 atom stereocenters. The van der Waals surface area contributed by atoms with E-state index in [0.29, 0.717) is 18.8 Å². The number of hydrogen-bond donors (Lipinski definition) is 2. The highest BCUT2D eigenvalue weighted by atomic mass is 31.2. The molecule has 8 heteroatoms. The second kappa shape index (κ2) is 10.7. The molecule has 2 N–H and O–H groups in total. The number of amides is 1. The molecule has 0 spiro atoms. The van der Waals surface area contributed by atoms with E-state index >= 15 is 0 Å². The first-order valence-electron chi connectivity index (χ1n) is 11.1. The quantitative estimate of drug-likeness (QED) is 0.243. The molecule has 180 valence electrons. The van der Waals surface area contributed by atoms with Crippen LogP contribution in [0.25, 0.3) is 0 Å². The van der Waals surface area contributed by atoms with Crippen LogP contribution in [0.3, 0.4) is 0 Å². The van der Waals surface area contributed by atoms with Crippen molar-refractivity contribution in [3.63, 3.8) is 0 Å². The second-order valence-electron chi connectivity index (χ2n) is 7.85. The molecule has 0 saturated heterocycles. The van der Waals surface area contributed by atoms with E-state index in [1.807, 2.05) is 60.8 Å². The lowest BCUT2D eigenvalue weighted by Crippen LogP contribution is -2.45. The zero-order valence-electron chi connectivity index (χ0n) is 19.6. The van der Waals surface area contributed by atoms with Crippen LogP contribution in [0.4, 0.5) is 0 Å². The molecule has 0 unspecified atom stereocenters. The van der Waals surface area contributed by atoms with Crippen LogP contribution >= 0.6 is 7.60 Å². The lowest BCUT2D eigenvalue weighted by molar-refractivity contribution is -0.108. The van der Waals surface area contributed by atoms with Gasteiger partial charge in [-0.05, 0) is 22.8 Å². The van der Waals surface area contributed by atoms with Crippen molar-refractivity contribution in [2.24, 2.45) is 0 Å². The molecule has 0 aromatic heterocycles. The molecule has 3 aromatic rings. The summed E-state index contributed by atoms with van der Waals surface area (Å²) in [6.45, 7) is 0.461. The minimum Gasteiger partial charge on any atom is -0.366 e. The average Bonchev–Trinajstić information content (AvgIpc) is 3.39. The summed E-state index contributed by atoms with van der Waals surface area (Å²) < 4.78 is 23.1. The van der Waals surface area contributed by atoms with Crippen molar-refractivity contribution >= 4 is 14.0 Å². The van der Waals surface area contributed by atoms with Crippen molar-refractivity contribution in [2.45, 2.75) is 5.54 Å². The Kier molecular flexibility index (Phi) is 7.51. The van der Waals surface area contributed by atoms with Gasteiger partial charge in [0.15, 0.2) is 0 Å². The van der Waals surface area contributed by atoms with Crippen LogP contribution in [0.2, 0.25) is 0 Å². The lowest BCUT2D eigenvalue weighted by atomic mass is 9.76. The molecule has 4 rings (SSSR count). The summed E-state index contributed by atoms with van der Waals surface area (Å²) in [5, 5.41) is 5.82. The number of hydrogen-bond acceptors (Lipinski definition) is 6. The molecule has 7 nitrogen and oxygen atoms in total. The molecular weight excluding hydrogens is 461 g/mol. The van der Waals surface area contributed by atoms with Crippen LogP contribution in [-0.2, 0) is 23.9 Å². The van der Waals surface area contributed by atoms with Gasteiger partial charge >= 0.3 is 7.60 Å². The van der Waals surface area contributed by atoms with Gasteiger partial charge in [-0.25, -0.2) is 0 Å². The first-order chi connectivity index (χ1) is 17.1. The molecule has 1 aliphatic rings. The smallest absolute Gasteiger partial charge is 0.366 e. The highest BCUT2D eigenvalue weighted by Crippen LogP contribution is 2.53. The molecule has 0 fully saturated rings. The minimum atomic E-state index is -3.68. The van der Waals surface area contributed by atoms with Crippen molar-refractivity contribution in [2.75, 3.05) is 20.9 Å². The van der Waals surface area contributed by atoms with Crippen LogP contribution in [0.1, 0.15) is 16.7 Å². The third-order valence-electron chi connectivity index (χ3n) is 6.03. The maximum absolute atomic E-state index is 13.0. The summed E-state index contributed by atoms with van der Waals surface area (Å²) in [7, 11) is -1.12. The fraction of sp³-hybridized carbons (Fsp3) is 0.148. The standard InChI is InChI=1S/C27H28N3O4P/c1-33-35(32,34-2)26(29-21-31)18-25-19-30(20-28-25)27(22-12-6-3-7-13-22,23-14-8-4-9-15-23)24-16-10-5-11-17-24/h3-19,21,28H,20H2,1-2H3,(H,29,31). The molecule has 1 aliphatic heterocycles. The van der Waals surface area contributed by atoms with Gasteiger partial charge in [-0.1, -0.05) is 91.0 Å². The van der Waals surface area contributed by atoms with Crippen molar-refractivity contribution in [1.82, 2.24) is 15.5 Å². The van der Waals surface area contributed by atoms with Crippen LogP contribution < -0.4 is 10.6 Å². The Morgan fingerprint density at radius 3 is 1.74 bits per heavy atom. The fourth-order valence-corrected chi connectivity index (χ4v) is 5.50. The third kappa shape index (κ3) is 4.66. The number of benzene rings is 3. The molecule has 1 heterocycles. The maximum atomic E-state index is 13.0. The third-order valence-corrected chi connectivity index (χ3v) is 7.84. The maximum Gasteiger partial charge on any atom is 0.377 e. The zero-order chi connectivity index (χ0) is 24.7. The Balaban J connectivity index is 1.92. The summed E-state index contributed by atoms with van der Waals surface area (Å²) in [6.07, 6.45) is 3.98. The SMILES string of the molecule is COP(=O)(OC)C(=CC1=CN(C(c2ccccc2)(c2ccccc2)c2ccccc2)CN1)NC=O. The average molecular weight is 490 g/mol. The van der Waals surface area contributed by atoms with E-state index < -0.39 is 13.1 Å². The van der Waals surface area contributed by atoms with Gasteiger partial charge in [-0.2, -0.15) is 0 Å². The highest BCUT2D eigenvalue weighted by molar-refractivity contribution is 7.58. The summed E-state index contributed by atoms with van der Waals surface area (Å²) in [6, 6.07) is 30.9. The van der Waals surface area contributed by atoms with Crippen molar-refractivity contribution in [3.05, 3.63) is 131 Å². The largest absolute Gasteiger partial charge is 0.377 e. The van der Waals surface area contributed by atoms with E-state index in [0.717, 1.165) is 16.7 Å². The Morgan fingerprint density at radius 1 is 0.886 bits per heavy atom. The van der Waals surface area contributed by atoms with Crippen LogP contribution in [0.15, 0.2) is 114 Å². The molecule has 3 aromatic carbocycles. The Hall–Kier alpha value is -3.64. The first-order valence-corrected chi connectivity index (χ1v) is 12.7. The van der Waals surface area contributed by atoms with Gasteiger partial charge in [-0.15, -0.1) is 0 Å². The predicted octanol–water partition coefficient (Wildman–Crippen LogP) is 4.76. The van der Waals surface area contributed by atoms with Crippen LogP contribution in [0, 0.1) is 0 Å².